The fourth-order valence-corrected chi connectivity index (χ4v) is 1.75. The summed E-state index contributed by atoms with van der Waals surface area (Å²) in [7, 11) is 7.94. The van der Waals surface area contributed by atoms with Crippen LogP contribution < -0.4 is 0 Å². The van der Waals surface area contributed by atoms with Crippen LogP contribution in [0.5, 0.6) is 0 Å². The molecule has 0 saturated carbocycles. The van der Waals surface area contributed by atoms with Crippen molar-refractivity contribution in [3.05, 3.63) is 17.0 Å². The van der Waals surface area contributed by atoms with E-state index in [2.05, 4.69) is 17.1 Å². The highest BCUT2D eigenvalue weighted by molar-refractivity contribution is 5.79. The molecule has 5 nitrogen and oxygen atoms in total. The molecule has 0 unspecified atom stereocenters. The molecule has 17 heavy (non-hydrogen) atoms. The minimum atomic E-state index is 0.615. The van der Waals surface area contributed by atoms with Crippen molar-refractivity contribution in [2.24, 2.45) is 4.99 Å². The molecule has 1 aromatic heterocycles. The third-order valence-corrected chi connectivity index (χ3v) is 2.58. The highest BCUT2D eigenvalue weighted by Crippen LogP contribution is 2.15. The van der Waals surface area contributed by atoms with Crippen LogP contribution >= 0.6 is 0 Å². The topological polar surface area (TPSA) is 44.9 Å². The van der Waals surface area contributed by atoms with E-state index in [1.165, 1.54) is 0 Å². The second kappa shape index (κ2) is 5.70. The fourth-order valence-electron chi connectivity index (χ4n) is 1.75. The van der Waals surface area contributed by atoms with Crippen LogP contribution in [0.25, 0.3) is 0 Å². The molecule has 0 aliphatic carbocycles. The van der Waals surface area contributed by atoms with E-state index in [1.54, 1.807) is 0 Å². The van der Waals surface area contributed by atoms with Crippen LogP contribution in [0, 0.1) is 6.92 Å². The van der Waals surface area contributed by atoms with Crippen LogP contribution in [0.4, 0.5) is 0 Å². The minimum absolute atomic E-state index is 0.615. The SMILES string of the molecule is CCc1noc(C)c1CN=C(N(C)C)N(C)C. The van der Waals surface area contributed by atoms with Crippen LogP contribution in [0.2, 0.25) is 0 Å². The summed E-state index contributed by atoms with van der Waals surface area (Å²) in [6, 6.07) is 0. The summed E-state index contributed by atoms with van der Waals surface area (Å²) in [5, 5.41) is 4.03. The number of hydrogen-bond acceptors (Lipinski definition) is 3. The van der Waals surface area contributed by atoms with E-state index in [4.69, 9.17) is 4.52 Å². The van der Waals surface area contributed by atoms with Gasteiger partial charge in [0.05, 0.1) is 12.2 Å². The first-order chi connectivity index (χ1) is 7.97. The van der Waals surface area contributed by atoms with Crippen LogP contribution in [0.15, 0.2) is 9.52 Å². The molecule has 0 spiro atoms. The zero-order valence-electron chi connectivity index (χ0n) is 11.6. The van der Waals surface area contributed by atoms with E-state index in [9.17, 15) is 0 Å². The summed E-state index contributed by atoms with van der Waals surface area (Å²) in [5.41, 5.74) is 2.11. The predicted octanol–water partition coefficient (Wildman–Crippen LogP) is 1.52. The molecule has 0 saturated heterocycles. The Morgan fingerprint density at radius 2 is 1.82 bits per heavy atom. The average Bonchev–Trinajstić information content (AvgIpc) is 2.59. The summed E-state index contributed by atoms with van der Waals surface area (Å²) in [6.45, 7) is 4.62. The number of aromatic nitrogens is 1. The van der Waals surface area contributed by atoms with Gasteiger partial charge in [0.2, 0.25) is 0 Å². The van der Waals surface area contributed by atoms with Gasteiger partial charge < -0.3 is 14.3 Å². The Kier molecular flexibility index (Phi) is 4.54. The molecule has 0 radical (unpaired) electrons. The second-order valence-corrected chi connectivity index (χ2v) is 4.42. The number of rotatable bonds is 3. The molecule has 96 valence electrons. The summed E-state index contributed by atoms with van der Waals surface area (Å²) in [5.74, 6) is 1.80. The molecule has 5 heteroatoms. The maximum atomic E-state index is 5.19. The highest BCUT2D eigenvalue weighted by atomic mass is 16.5. The molecule has 1 heterocycles. The smallest absolute Gasteiger partial charge is 0.195 e. The zero-order chi connectivity index (χ0) is 13.0. The molecule has 1 aromatic rings. The lowest BCUT2D eigenvalue weighted by atomic mass is 10.1. The summed E-state index contributed by atoms with van der Waals surface area (Å²) >= 11 is 0. The van der Waals surface area contributed by atoms with Gasteiger partial charge in [-0.25, -0.2) is 4.99 Å². The normalized spacial score (nSPS) is 10.2. The lowest BCUT2D eigenvalue weighted by Gasteiger charge is -2.22. The monoisotopic (exact) mass is 238 g/mol. The first-order valence-corrected chi connectivity index (χ1v) is 5.80. The summed E-state index contributed by atoms with van der Waals surface area (Å²) in [6.07, 6.45) is 0.876. The number of nitrogens with zero attached hydrogens (tertiary/aromatic N) is 4. The van der Waals surface area contributed by atoms with Gasteiger partial charge in [0.1, 0.15) is 5.76 Å². The lowest BCUT2D eigenvalue weighted by Crippen LogP contribution is -2.35. The van der Waals surface area contributed by atoms with Gasteiger partial charge in [0, 0.05) is 33.8 Å². The van der Waals surface area contributed by atoms with Gasteiger partial charge in [-0.2, -0.15) is 0 Å². The third-order valence-electron chi connectivity index (χ3n) is 2.58. The Bertz CT molecular complexity index is 383. The second-order valence-electron chi connectivity index (χ2n) is 4.42. The van der Waals surface area contributed by atoms with Gasteiger partial charge in [-0.15, -0.1) is 0 Å². The molecule has 0 atom stereocenters. The maximum Gasteiger partial charge on any atom is 0.195 e. The summed E-state index contributed by atoms with van der Waals surface area (Å²) < 4.78 is 5.19. The molecule has 0 aliphatic rings. The number of aryl methyl sites for hydroxylation is 2. The number of aliphatic imine (C=N–C) groups is 1. The Labute approximate surface area is 103 Å². The molecule has 0 bridgehead atoms. The van der Waals surface area contributed by atoms with Crippen LogP contribution in [0.1, 0.15) is 23.9 Å². The van der Waals surface area contributed by atoms with Crippen molar-refractivity contribution in [3.8, 4) is 0 Å². The van der Waals surface area contributed by atoms with Crippen LogP contribution in [0.3, 0.4) is 0 Å². The van der Waals surface area contributed by atoms with Crippen LogP contribution in [-0.4, -0.2) is 49.1 Å². The van der Waals surface area contributed by atoms with E-state index in [1.807, 2.05) is 44.9 Å². The predicted molar refractivity (Wildman–Crippen MR) is 69.1 cm³/mol. The minimum Gasteiger partial charge on any atom is -0.361 e. The zero-order valence-corrected chi connectivity index (χ0v) is 11.6. The largest absolute Gasteiger partial charge is 0.361 e. The lowest BCUT2D eigenvalue weighted by molar-refractivity contribution is 0.390. The Balaban J connectivity index is 2.90. The van der Waals surface area contributed by atoms with Crippen molar-refractivity contribution in [2.75, 3.05) is 28.2 Å². The number of hydrogen-bond donors (Lipinski definition) is 0. The van der Waals surface area contributed by atoms with Crippen molar-refractivity contribution in [1.82, 2.24) is 15.0 Å². The maximum absolute atomic E-state index is 5.19. The van der Waals surface area contributed by atoms with E-state index in [0.29, 0.717) is 6.54 Å². The van der Waals surface area contributed by atoms with Gasteiger partial charge in [0.15, 0.2) is 5.96 Å². The van der Waals surface area contributed by atoms with Crippen molar-refractivity contribution < 1.29 is 4.52 Å². The third kappa shape index (κ3) is 3.22. The van der Waals surface area contributed by atoms with E-state index < -0.39 is 0 Å². The van der Waals surface area contributed by atoms with Gasteiger partial charge in [-0.3, -0.25) is 0 Å². The molecule has 0 N–H and O–H groups in total. The highest BCUT2D eigenvalue weighted by Gasteiger charge is 2.11. The van der Waals surface area contributed by atoms with Gasteiger partial charge >= 0.3 is 0 Å². The standard InChI is InChI=1S/C12H22N4O/c1-7-11-10(9(2)17-14-11)8-13-12(15(3)4)16(5)6/h7-8H2,1-6H3. The van der Waals surface area contributed by atoms with E-state index in [0.717, 1.165) is 29.4 Å². The molecule has 0 amide bonds. The quantitative estimate of drug-likeness (QED) is 0.591. The van der Waals surface area contributed by atoms with Crippen molar-refractivity contribution in [3.63, 3.8) is 0 Å². The first kappa shape index (κ1) is 13.5. The molecular formula is C12H22N4O. The molecule has 0 aromatic carbocycles. The summed E-state index contributed by atoms with van der Waals surface area (Å²) in [4.78, 5) is 8.59. The van der Waals surface area contributed by atoms with Crippen molar-refractivity contribution in [1.29, 1.82) is 0 Å². The fraction of sp³-hybridized carbons (Fsp3) is 0.667. The van der Waals surface area contributed by atoms with Crippen molar-refractivity contribution >= 4 is 5.96 Å². The number of guanidine groups is 1. The average molecular weight is 238 g/mol. The van der Waals surface area contributed by atoms with Crippen molar-refractivity contribution in [2.45, 2.75) is 26.8 Å². The van der Waals surface area contributed by atoms with Crippen LogP contribution in [-0.2, 0) is 13.0 Å². The van der Waals surface area contributed by atoms with E-state index >= 15 is 0 Å². The molecule has 0 fully saturated rings. The Hall–Kier alpha value is -1.52. The van der Waals surface area contributed by atoms with E-state index in [-0.39, 0.29) is 0 Å². The molecule has 0 aliphatic heterocycles. The Morgan fingerprint density at radius 1 is 1.24 bits per heavy atom. The van der Waals surface area contributed by atoms with Gasteiger partial charge in [0.25, 0.3) is 0 Å². The van der Waals surface area contributed by atoms with Gasteiger partial charge in [-0.05, 0) is 13.3 Å². The Morgan fingerprint density at radius 3 is 2.29 bits per heavy atom. The molecule has 1 rings (SSSR count). The first-order valence-electron chi connectivity index (χ1n) is 5.80. The van der Waals surface area contributed by atoms with Gasteiger partial charge in [-0.1, -0.05) is 12.1 Å². The molecular weight excluding hydrogens is 216 g/mol.